The zero-order chi connectivity index (χ0) is 15.8. The molecule has 1 aliphatic heterocycles. The van der Waals surface area contributed by atoms with Crippen LogP contribution in [0.15, 0.2) is 23.9 Å². The van der Waals surface area contributed by atoms with Crippen LogP contribution in [-0.2, 0) is 19.2 Å². The first-order chi connectivity index (χ1) is 9.62. The molecule has 0 unspecified atom stereocenters. The summed E-state index contributed by atoms with van der Waals surface area (Å²) in [5.74, 6) is -1.92. The second-order valence-corrected chi connectivity index (χ2v) is 5.40. The number of carboxylic acids is 1. The average molecular weight is 323 g/mol. The van der Waals surface area contributed by atoms with Gasteiger partial charge < -0.3 is 9.90 Å². The normalized spacial score (nSPS) is 15.4. The molecule has 1 aromatic heterocycles. The Morgan fingerprint density at radius 1 is 1.43 bits per heavy atom. The average Bonchev–Trinajstić information content (AvgIpc) is 2.36. The molecule has 0 amide bonds. The molecular formula is C10H6F3N2O5S-. The third kappa shape index (κ3) is 2.97. The number of hydrogen-bond acceptors (Lipinski definition) is 7. The molecule has 0 radical (unpaired) electrons. The highest BCUT2D eigenvalue weighted by molar-refractivity contribution is 7.87. The lowest BCUT2D eigenvalue weighted by Gasteiger charge is -2.28. The summed E-state index contributed by atoms with van der Waals surface area (Å²) in [6.07, 6.45) is 2.30. The third-order valence-electron chi connectivity index (χ3n) is 2.43. The fourth-order valence-corrected chi connectivity index (χ4v) is 1.98. The van der Waals surface area contributed by atoms with Crippen molar-refractivity contribution in [1.29, 1.82) is 0 Å². The van der Waals surface area contributed by atoms with Crippen LogP contribution in [0.1, 0.15) is 5.56 Å². The van der Waals surface area contributed by atoms with Crippen LogP contribution in [0.4, 0.5) is 19.0 Å². The van der Waals surface area contributed by atoms with Crippen molar-refractivity contribution >= 4 is 28.0 Å². The maximum atomic E-state index is 12.3. The molecule has 21 heavy (non-hydrogen) atoms. The van der Waals surface area contributed by atoms with E-state index in [0.29, 0.717) is 0 Å². The van der Waals surface area contributed by atoms with Gasteiger partial charge in [-0.1, -0.05) is 0 Å². The van der Waals surface area contributed by atoms with Gasteiger partial charge in [0.2, 0.25) is 0 Å². The summed E-state index contributed by atoms with van der Waals surface area (Å²) in [6, 6.07) is 2.73. The summed E-state index contributed by atoms with van der Waals surface area (Å²) in [5.41, 5.74) is -6.02. The maximum absolute atomic E-state index is 12.3. The van der Waals surface area contributed by atoms with Gasteiger partial charge in [0.25, 0.3) is 0 Å². The van der Waals surface area contributed by atoms with Crippen molar-refractivity contribution in [2.45, 2.75) is 5.51 Å². The number of aliphatic carboxylic acids is 1. The van der Waals surface area contributed by atoms with Gasteiger partial charge in [0.1, 0.15) is 0 Å². The summed E-state index contributed by atoms with van der Waals surface area (Å²) in [7, 11) is -5.94. The number of aromatic nitrogens is 1. The van der Waals surface area contributed by atoms with Crippen LogP contribution in [0, 0.1) is 0 Å². The molecule has 114 valence electrons. The highest BCUT2D eigenvalue weighted by atomic mass is 32.2. The largest absolute Gasteiger partial charge is 0.545 e. The van der Waals surface area contributed by atoms with Crippen LogP contribution in [0.2, 0.25) is 0 Å². The number of carbonyl (C=O) groups is 1. The number of alkyl halides is 3. The quantitative estimate of drug-likeness (QED) is 0.711. The van der Waals surface area contributed by atoms with E-state index in [4.69, 9.17) is 0 Å². The lowest BCUT2D eigenvalue weighted by Crippen LogP contribution is -2.40. The Labute approximate surface area is 116 Å². The van der Waals surface area contributed by atoms with Gasteiger partial charge in [0.15, 0.2) is 5.82 Å². The first kappa shape index (κ1) is 15.3. The minimum absolute atomic E-state index is 0.0836. The zero-order valence-corrected chi connectivity index (χ0v) is 10.8. The van der Waals surface area contributed by atoms with Gasteiger partial charge in [-0.05, 0) is 23.8 Å². The second-order valence-electron chi connectivity index (χ2n) is 3.88. The van der Waals surface area contributed by atoms with E-state index in [1.54, 1.807) is 0 Å². The number of halogens is 3. The smallest absolute Gasteiger partial charge is 0.525 e. The number of carboxylic acid groups (broad SMARTS) is 1. The molecule has 11 heteroatoms. The molecule has 0 fully saturated rings. The molecule has 0 saturated heterocycles. The maximum Gasteiger partial charge on any atom is 0.525 e. The van der Waals surface area contributed by atoms with Crippen LogP contribution < -0.4 is 10.2 Å². The van der Waals surface area contributed by atoms with E-state index in [-0.39, 0.29) is 16.4 Å². The molecule has 0 aliphatic carbocycles. The summed E-state index contributed by atoms with van der Waals surface area (Å²) >= 11 is 0. The van der Waals surface area contributed by atoms with Gasteiger partial charge in [-0.15, -0.1) is 4.28 Å². The van der Waals surface area contributed by atoms with E-state index in [0.717, 1.165) is 6.08 Å². The Bertz CT molecular complexity index is 714. The van der Waals surface area contributed by atoms with E-state index in [1.807, 2.05) is 0 Å². The number of anilines is 1. The Hall–Kier alpha value is -2.14. The molecule has 0 bridgehead atoms. The van der Waals surface area contributed by atoms with Crippen molar-refractivity contribution in [1.82, 2.24) is 4.98 Å². The van der Waals surface area contributed by atoms with Crippen LogP contribution in [-0.4, -0.2) is 31.4 Å². The van der Waals surface area contributed by atoms with Gasteiger partial charge in [0.05, 0.1) is 12.5 Å². The van der Waals surface area contributed by atoms with Crippen LogP contribution in [0.5, 0.6) is 0 Å². The SMILES string of the molecule is O=C([O-])C1=Cc2cccnc2N(OS(=O)(=O)C(F)(F)F)C1. The van der Waals surface area contributed by atoms with Gasteiger partial charge in [-0.25, -0.2) is 10.0 Å². The van der Waals surface area contributed by atoms with Crippen LogP contribution >= 0.6 is 0 Å². The Morgan fingerprint density at radius 2 is 2.10 bits per heavy atom. The van der Waals surface area contributed by atoms with Crippen molar-refractivity contribution < 1.29 is 35.8 Å². The van der Waals surface area contributed by atoms with Gasteiger partial charge in [0, 0.05) is 11.8 Å². The van der Waals surface area contributed by atoms with Crippen molar-refractivity contribution in [3.8, 4) is 0 Å². The Morgan fingerprint density at radius 3 is 2.67 bits per heavy atom. The summed E-state index contributed by atoms with van der Waals surface area (Å²) in [6.45, 7) is -0.762. The number of nitrogens with zero attached hydrogens (tertiary/aromatic N) is 2. The van der Waals surface area contributed by atoms with E-state index in [9.17, 15) is 31.5 Å². The van der Waals surface area contributed by atoms with Crippen molar-refractivity contribution in [3.63, 3.8) is 0 Å². The first-order valence-electron chi connectivity index (χ1n) is 5.27. The lowest BCUT2D eigenvalue weighted by atomic mass is 10.1. The van der Waals surface area contributed by atoms with Crippen molar-refractivity contribution in [2.24, 2.45) is 0 Å². The number of pyridine rings is 1. The van der Waals surface area contributed by atoms with E-state index in [2.05, 4.69) is 9.27 Å². The second kappa shape index (κ2) is 5.00. The molecular weight excluding hydrogens is 317 g/mol. The molecule has 2 rings (SSSR count). The molecule has 1 aromatic rings. The minimum Gasteiger partial charge on any atom is -0.545 e. The number of hydrogen-bond donors (Lipinski definition) is 0. The molecule has 7 nitrogen and oxygen atoms in total. The van der Waals surface area contributed by atoms with E-state index in [1.165, 1.54) is 18.3 Å². The summed E-state index contributed by atoms with van der Waals surface area (Å²) in [4.78, 5) is 14.5. The van der Waals surface area contributed by atoms with Gasteiger partial charge in [-0.2, -0.15) is 21.6 Å². The highest BCUT2D eigenvalue weighted by Crippen LogP contribution is 2.31. The van der Waals surface area contributed by atoms with Gasteiger partial charge >= 0.3 is 15.6 Å². The molecule has 2 heterocycles. The van der Waals surface area contributed by atoms with Gasteiger partial charge in [-0.3, -0.25) is 0 Å². The number of rotatable bonds is 3. The lowest BCUT2D eigenvalue weighted by molar-refractivity contribution is -0.299. The Balaban J connectivity index is 2.42. The summed E-state index contributed by atoms with van der Waals surface area (Å²) in [5, 5.41) is 11.1. The van der Waals surface area contributed by atoms with Crippen LogP contribution in [0.25, 0.3) is 6.08 Å². The third-order valence-corrected chi connectivity index (χ3v) is 3.37. The number of fused-ring (bicyclic) bond motifs is 1. The predicted octanol–water partition coefficient (Wildman–Crippen LogP) is -0.184. The monoisotopic (exact) mass is 323 g/mol. The van der Waals surface area contributed by atoms with Crippen molar-refractivity contribution in [2.75, 3.05) is 11.6 Å². The molecule has 0 spiro atoms. The fraction of sp³-hybridized carbons (Fsp3) is 0.200. The molecule has 0 aromatic carbocycles. The predicted molar refractivity (Wildman–Crippen MR) is 60.6 cm³/mol. The van der Waals surface area contributed by atoms with E-state index < -0.39 is 33.7 Å². The molecule has 0 atom stereocenters. The number of hydroxylamine groups is 1. The molecule has 0 N–H and O–H groups in total. The molecule has 0 saturated carbocycles. The fourth-order valence-electron chi connectivity index (χ4n) is 1.54. The zero-order valence-electron chi connectivity index (χ0n) is 9.99. The minimum atomic E-state index is -5.94. The van der Waals surface area contributed by atoms with Crippen LogP contribution in [0.3, 0.4) is 0 Å². The van der Waals surface area contributed by atoms with Crippen molar-refractivity contribution in [3.05, 3.63) is 29.5 Å². The van der Waals surface area contributed by atoms with E-state index >= 15 is 0 Å². The molecule has 1 aliphatic rings. The Kier molecular flexibility index (Phi) is 3.63. The topological polar surface area (TPSA) is 99.6 Å². The standard InChI is InChI=1S/C10H7F3N2O5S/c11-10(12,13)21(18,19)20-15-5-7(9(16)17)4-6-2-1-3-14-8(6)15/h1-4H,5H2,(H,16,17)/p-1. The number of carbonyl (C=O) groups excluding carboxylic acids is 1. The highest BCUT2D eigenvalue weighted by Gasteiger charge is 2.49. The summed E-state index contributed by atoms with van der Waals surface area (Å²) < 4.78 is 62.9. The first-order valence-corrected chi connectivity index (χ1v) is 6.68.